The van der Waals surface area contributed by atoms with E-state index < -0.39 is 5.91 Å². The average Bonchev–Trinajstić information content (AvgIpc) is 3.45. The third kappa shape index (κ3) is 4.55. The number of benzene rings is 2. The molecule has 4 aromatic rings. The van der Waals surface area contributed by atoms with E-state index in [-0.39, 0.29) is 12.3 Å². The Kier molecular flexibility index (Phi) is 5.57. The topological polar surface area (TPSA) is 115 Å². The van der Waals surface area contributed by atoms with Gasteiger partial charge in [0.05, 0.1) is 22.8 Å². The summed E-state index contributed by atoms with van der Waals surface area (Å²) in [7, 11) is 0. The van der Waals surface area contributed by atoms with Crippen molar-refractivity contribution in [2.75, 3.05) is 0 Å². The molecule has 0 bridgehead atoms. The number of nitrogens with zero attached hydrogens (tertiary/aromatic N) is 5. The molecule has 0 aliphatic carbocycles. The SMILES string of the molecule is Cc1nc(-c2ccc(CC(=O)NNC(=O)c3ccc(-n4cnnn4)cc3)cc2)cs1. The van der Waals surface area contributed by atoms with Crippen LogP contribution in [-0.2, 0) is 11.2 Å². The molecule has 0 radical (unpaired) electrons. The molecule has 2 amide bonds. The van der Waals surface area contributed by atoms with Crippen LogP contribution in [0.1, 0.15) is 20.9 Å². The zero-order valence-electron chi connectivity index (χ0n) is 15.9. The molecular formula is C20H17N7O2S. The lowest BCUT2D eigenvalue weighted by Crippen LogP contribution is -2.42. The number of hydrogen-bond donors (Lipinski definition) is 2. The van der Waals surface area contributed by atoms with Crippen molar-refractivity contribution in [1.29, 1.82) is 0 Å². The number of rotatable bonds is 5. The molecule has 30 heavy (non-hydrogen) atoms. The van der Waals surface area contributed by atoms with E-state index in [0.717, 1.165) is 27.5 Å². The predicted molar refractivity (Wildman–Crippen MR) is 111 cm³/mol. The second kappa shape index (κ2) is 8.62. The molecule has 2 aromatic heterocycles. The molecule has 4 rings (SSSR count). The van der Waals surface area contributed by atoms with E-state index >= 15 is 0 Å². The zero-order valence-corrected chi connectivity index (χ0v) is 16.8. The molecule has 0 aliphatic heterocycles. The van der Waals surface area contributed by atoms with Gasteiger partial charge in [0.1, 0.15) is 6.33 Å². The van der Waals surface area contributed by atoms with E-state index in [1.165, 1.54) is 11.0 Å². The lowest BCUT2D eigenvalue weighted by atomic mass is 10.1. The third-order valence-electron chi connectivity index (χ3n) is 4.29. The molecule has 0 saturated heterocycles. The van der Waals surface area contributed by atoms with Gasteiger partial charge in [-0.2, -0.15) is 0 Å². The number of aryl methyl sites for hydroxylation is 1. The highest BCUT2D eigenvalue weighted by atomic mass is 32.1. The molecule has 2 N–H and O–H groups in total. The molecule has 0 unspecified atom stereocenters. The minimum Gasteiger partial charge on any atom is -0.273 e. The molecule has 150 valence electrons. The number of carbonyl (C=O) groups excluding carboxylic acids is 2. The standard InChI is InChI=1S/C20H17N7O2S/c1-13-22-18(11-30-13)15-4-2-14(3-5-15)10-19(28)23-24-20(29)16-6-8-17(9-7-16)27-12-21-25-26-27/h2-9,11-12H,10H2,1H3,(H,23,28)(H,24,29). The van der Waals surface area contributed by atoms with Crippen LogP contribution < -0.4 is 10.9 Å². The minimum atomic E-state index is -0.416. The molecular weight excluding hydrogens is 402 g/mol. The maximum absolute atomic E-state index is 12.2. The van der Waals surface area contributed by atoms with Crippen molar-refractivity contribution in [1.82, 2.24) is 36.0 Å². The molecule has 0 fully saturated rings. The smallest absolute Gasteiger partial charge is 0.269 e. The first kappa shape index (κ1) is 19.4. The molecule has 10 heteroatoms. The van der Waals surface area contributed by atoms with Crippen molar-refractivity contribution >= 4 is 23.2 Å². The molecule has 0 atom stereocenters. The van der Waals surface area contributed by atoms with Gasteiger partial charge in [-0.3, -0.25) is 20.4 Å². The Bertz CT molecular complexity index is 1150. The van der Waals surface area contributed by atoms with Gasteiger partial charge < -0.3 is 0 Å². The third-order valence-corrected chi connectivity index (χ3v) is 5.07. The number of aromatic nitrogens is 5. The summed E-state index contributed by atoms with van der Waals surface area (Å²) in [6, 6.07) is 14.3. The van der Waals surface area contributed by atoms with Gasteiger partial charge in [0, 0.05) is 16.5 Å². The lowest BCUT2D eigenvalue weighted by molar-refractivity contribution is -0.121. The first-order valence-electron chi connectivity index (χ1n) is 9.02. The average molecular weight is 419 g/mol. The van der Waals surface area contributed by atoms with Crippen LogP contribution in [-0.4, -0.2) is 37.0 Å². The first-order chi connectivity index (χ1) is 14.6. The summed E-state index contributed by atoms with van der Waals surface area (Å²) in [5.74, 6) is -0.730. The van der Waals surface area contributed by atoms with Gasteiger partial charge in [0.25, 0.3) is 5.91 Å². The molecule has 0 spiro atoms. The quantitative estimate of drug-likeness (QED) is 0.479. The fraction of sp³-hybridized carbons (Fsp3) is 0.100. The Hall–Kier alpha value is -3.92. The van der Waals surface area contributed by atoms with Crippen LogP contribution in [0.3, 0.4) is 0 Å². The maximum atomic E-state index is 12.2. The molecule has 0 saturated carbocycles. The van der Waals surface area contributed by atoms with Gasteiger partial charge in [-0.25, -0.2) is 9.67 Å². The van der Waals surface area contributed by atoms with Gasteiger partial charge in [0.2, 0.25) is 5.91 Å². The van der Waals surface area contributed by atoms with Crippen LogP contribution in [0.15, 0.2) is 60.2 Å². The van der Waals surface area contributed by atoms with Crippen LogP contribution in [0.5, 0.6) is 0 Å². The first-order valence-corrected chi connectivity index (χ1v) is 9.90. The van der Waals surface area contributed by atoms with Gasteiger partial charge in [0.15, 0.2) is 0 Å². The highest BCUT2D eigenvalue weighted by molar-refractivity contribution is 7.09. The van der Waals surface area contributed by atoms with Crippen molar-refractivity contribution in [2.45, 2.75) is 13.3 Å². The molecule has 2 aromatic carbocycles. The zero-order chi connectivity index (χ0) is 20.9. The second-order valence-electron chi connectivity index (χ2n) is 6.43. The summed E-state index contributed by atoms with van der Waals surface area (Å²) in [5.41, 5.74) is 8.73. The number of amides is 2. The van der Waals surface area contributed by atoms with E-state index in [1.54, 1.807) is 35.6 Å². The normalized spacial score (nSPS) is 10.6. The van der Waals surface area contributed by atoms with E-state index in [0.29, 0.717) is 5.56 Å². The van der Waals surface area contributed by atoms with Crippen molar-refractivity contribution in [2.24, 2.45) is 0 Å². The summed E-state index contributed by atoms with van der Waals surface area (Å²) in [4.78, 5) is 28.8. The van der Waals surface area contributed by atoms with Crippen molar-refractivity contribution in [3.05, 3.63) is 76.4 Å². The van der Waals surface area contributed by atoms with E-state index in [1.807, 2.05) is 36.6 Å². The Labute approximate surface area is 175 Å². The Morgan fingerprint density at radius 3 is 2.43 bits per heavy atom. The Morgan fingerprint density at radius 1 is 1.03 bits per heavy atom. The lowest BCUT2D eigenvalue weighted by Gasteiger charge is -2.08. The van der Waals surface area contributed by atoms with Gasteiger partial charge in [-0.05, 0) is 47.2 Å². The summed E-state index contributed by atoms with van der Waals surface area (Å²) in [5, 5.41) is 13.9. The summed E-state index contributed by atoms with van der Waals surface area (Å²) >= 11 is 1.60. The van der Waals surface area contributed by atoms with E-state index in [9.17, 15) is 9.59 Å². The highest BCUT2D eigenvalue weighted by Crippen LogP contribution is 2.21. The van der Waals surface area contributed by atoms with Crippen molar-refractivity contribution in [3.8, 4) is 16.9 Å². The number of tetrazole rings is 1. The second-order valence-corrected chi connectivity index (χ2v) is 7.49. The highest BCUT2D eigenvalue weighted by Gasteiger charge is 2.09. The van der Waals surface area contributed by atoms with Gasteiger partial charge in [-0.1, -0.05) is 24.3 Å². The van der Waals surface area contributed by atoms with E-state index in [4.69, 9.17) is 0 Å². The van der Waals surface area contributed by atoms with Crippen molar-refractivity contribution in [3.63, 3.8) is 0 Å². The predicted octanol–water partition coefficient (Wildman–Crippen LogP) is 2.10. The molecule has 9 nitrogen and oxygen atoms in total. The van der Waals surface area contributed by atoms with Gasteiger partial charge in [-0.15, -0.1) is 16.4 Å². The number of carbonyl (C=O) groups is 2. The fourth-order valence-corrected chi connectivity index (χ4v) is 3.38. The van der Waals surface area contributed by atoms with E-state index in [2.05, 4.69) is 31.4 Å². The maximum Gasteiger partial charge on any atom is 0.269 e. The van der Waals surface area contributed by atoms with Gasteiger partial charge >= 0.3 is 0 Å². The summed E-state index contributed by atoms with van der Waals surface area (Å²) in [6.45, 7) is 1.96. The van der Waals surface area contributed by atoms with Crippen LogP contribution in [0, 0.1) is 6.92 Å². The monoisotopic (exact) mass is 419 g/mol. The molecule has 2 heterocycles. The number of thiazole rings is 1. The summed E-state index contributed by atoms with van der Waals surface area (Å²) < 4.78 is 1.48. The number of nitrogens with one attached hydrogen (secondary N) is 2. The van der Waals surface area contributed by atoms with Crippen LogP contribution >= 0.6 is 11.3 Å². The Balaban J connectivity index is 1.29. The van der Waals surface area contributed by atoms with Crippen molar-refractivity contribution < 1.29 is 9.59 Å². The van der Waals surface area contributed by atoms with Crippen LogP contribution in [0.25, 0.3) is 16.9 Å². The Morgan fingerprint density at radius 2 is 1.80 bits per heavy atom. The number of hydrogen-bond acceptors (Lipinski definition) is 7. The summed E-state index contributed by atoms with van der Waals surface area (Å²) in [6.07, 6.45) is 1.61. The number of hydrazine groups is 1. The largest absolute Gasteiger partial charge is 0.273 e. The fourth-order valence-electron chi connectivity index (χ4n) is 2.76. The molecule has 0 aliphatic rings. The van der Waals surface area contributed by atoms with Crippen LogP contribution in [0.2, 0.25) is 0 Å². The minimum absolute atomic E-state index is 0.148. The van der Waals surface area contributed by atoms with Crippen LogP contribution in [0.4, 0.5) is 0 Å².